The first-order chi connectivity index (χ1) is 0. The van der Waals surface area contributed by atoms with Crippen LogP contribution in [0.5, 0.6) is 0 Å². The minimum atomic E-state index is 0. The van der Waals surface area contributed by atoms with Crippen molar-refractivity contribution in [1.29, 1.82) is 0 Å². The molecule has 0 saturated heterocycles. The molecule has 0 aliphatic rings. The summed E-state index contributed by atoms with van der Waals surface area (Å²) in [6, 6.07) is 0. The number of hydrogen-bond acceptors (Lipinski definition) is 0. The summed E-state index contributed by atoms with van der Waals surface area (Å²) in [5.41, 5.74) is 0. The van der Waals surface area contributed by atoms with E-state index < -0.39 is 0 Å². The Morgan fingerprint density at radius 2 is 0.500 bits per heavy atom. The van der Waals surface area contributed by atoms with Gasteiger partial charge in [0.15, 0.2) is 0 Å². The molecule has 0 N–H and O–H groups in total. The van der Waals surface area contributed by atoms with Crippen molar-refractivity contribution < 1.29 is 37.5 Å². The third-order valence-corrected chi connectivity index (χ3v) is 0. The van der Waals surface area contributed by atoms with Gasteiger partial charge in [0, 0.05) is 0 Å². The van der Waals surface area contributed by atoms with Crippen LogP contribution < -0.4 is 0 Å². The molecule has 0 radical (unpaired) electrons. The van der Waals surface area contributed by atoms with Gasteiger partial charge in [0.25, 0.3) is 0 Å². The van der Waals surface area contributed by atoms with E-state index in [1.807, 2.05) is 0 Å². The Morgan fingerprint density at radius 3 is 0.500 bits per heavy atom. The van der Waals surface area contributed by atoms with Crippen molar-refractivity contribution >= 4 is 0 Å². The monoisotopic (exact) mass is 243 g/mol. The zero-order valence-corrected chi connectivity index (χ0v) is 3.81. The van der Waals surface area contributed by atoms with E-state index in [4.69, 9.17) is 0 Å². The van der Waals surface area contributed by atoms with Crippen molar-refractivity contribution in [2.45, 2.75) is 0 Å². The Balaban J connectivity index is 0. The van der Waals surface area contributed by atoms with Crippen molar-refractivity contribution in [3.63, 3.8) is 0 Å². The summed E-state index contributed by atoms with van der Waals surface area (Å²) in [5, 5.41) is 0. The SMILES string of the molecule is [O-2].[O-2].[O-2].[Pt+6]. The molecule has 0 amide bonds. The summed E-state index contributed by atoms with van der Waals surface area (Å²) < 4.78 is 0. The van der Waals surface area contributed by atoms with E-state index >= 15 is 0 Å². The molecule has 4 heteroatoms. The first-order valence-corrected chi connectivity index (χ1v) is 0. The van der Waals surface area contributed by atoms with Gasteiger partial charge in [0.05, 0.1) is 0 Å². The maximum Gasteiger partial charge on any atom is 6.00 e. The molecule has 0 spiro atoms. The summed E-state index contributed by atoms with van der Waals surface area (Å²) in [5.74, 6) is 0. The van der Waals surface area contributed by atoms with Crippen LogP contribution in [-0.2, 0) is 37.5 Å². The molecule has 0 unspecified atom stereocenters. The standard InChI is InChI=1S/3O.Pt/q3*-2;+6. The molecule has 0 heterocycles. The fourth-order valence-corrected chi connectivity index (χ4v) is 0. The number of rotatable bonds is 0. The largest absolute Gasteiger partial charge is 6.00 e. The maximum absolute atomic E-state index is 0. The Morgan fingerprint density at radius 1 is 0.500 bits per heavy atom. The third kappa shape index (κ3) is 19.6. The molecule has 4 heavy (non-hydrogen) atoms. The first-order valence-electron chi connectivity index (χ1n) is 0. The fourth-order valence-electron chi connectivity index (χ4n) is 0. The smallest absolute Gasteiger partial charge is 2.00 e. The molecule has 3 nitrogen and oxygen atoms in total. The molecule has 0 aromatic carbocycles. The predicted molar refractivity (Wildman–Crippen MR) is 2.06 cm³/mol. The van der Waals surface area contributed by atoms with Crippen LogP contribution in [0.25, 0.3) is 0 Å². The topological polar surface area (TPSA) is 85.5 Å². The second-order valence-electron chi connectivity index (χ2n) is 0. The van der Waals surface area contributed by atoms with Gasteiger partial charge in [-0.15, -0.1) is 0 Å². The Kier molecular flexibility index (Phi) is 3280. The van der Waals surface area contributed by atoms with Gasteiger partial charge in [0.2, 0.25) is 0 Å². The minimum absolute atomic E-state index is 0. The second-order valence-corrected chi connectivity index (χ2v) is 0. The van der Waals surface area contributed by atoms with Gasteiger partial charge in [-0.25, -0.2) is 0 Å². The molecule has 0 atom stereocenters. The van der Waals surface area contributed by atoms with Crippen molar-refractivity contribution in [2.24, 2.45) is 0 Å². The van der Waals surface area contributed by atoms with Gasteiger partial charge in [-0.1, -0.05) is 0 Å². The molecule has 0 aromatic heterocycles. The first kappa shape index (κ1) is 180. The zero-order chi connectivity index (χ0) is 0. The molecule has 0 bridgehead atoms. The van der Waals surface area contributed by atoms with Crippen molar-refractivity contribution in [2.75, 3.05) is 0 Å². The van der Waals surface area contributed by atoms with Crippen LogP contribution in [0.15, 0.2) is 0 Å². The van der Waals surface area contributed by atoms with Gasteiger partial charge in [-0.2, -0.15) is 0 Å². The Hall–Kier alpha value is 0.568. The fraction of sp³-hybridized carbons (Fsp3) is 0. The van der Waals surface area contributed by atoms with Crippen LogP contribution in [0.1, 0.15) is 0 Å². The summed E-state index contributed by atoms with van der Waals surface area (Å²) >= 11 is 0. The van der Waals surface area contributed by atoms with E-state index in [0.717, 1.165) is 0 Å². The molecule has 0 aliphatic heterocycles. The van der Waals surface area contributed by atoms with Crippen LogP contribution in [0, 0.1) is 0 Å². The van der Waals surface area contributed by atoms with E-state index in [9.17, 15) is 0 Å². The molecule has 28 valence electrons. The van der Waals surface area contributed by atoms with Crippen molar-refractivity contribution in [3.05, 3.63) is 0 Å². The van der Waals surface area contributed by atoms with E-state index in [1.54, 1.807) is 0 Å². The normalized spacial score (nSPS) is 0. The second kappa shape index (κ2) is 72.9. The van der Waals surface area contributed by atoms with E-state index in [-0.39, 0.29) is 37.5 Å². The third-order valence-electron chi connectivity index (χ3n) is 0. The molecular formula is O3Pt. The minimum Gasteiger partial charge on any atom is -2.00 e. The summed E-state index contributed by atoms with van der Waals surface area (Å²) in [6.45, 7) is 0. The summed E-state index contributed by atoms with van der Waals surface area (Å²) in [6.07, 6.45) is 0. The van der Waals surface area contributed by atoms with Gasteiger partial charge in [-0.05, 0) is 0 Å². The molecule has 0 rings (SSSR count). The summed E-state index contributed by atoms with van der Waals surface area (Å²) in [7, 11) is 0. The van der Waals surface area contributed by atoms with Crippen LogP contribution in [-0.4, -0.2) is 0 Å². The van der Waals surface area contributed by atoms with Gasteiger partial charge < -0.3 is 16.4 Å². The average molecular weight is 243 g/mol. The van der Waals surface area contributed by atoms with Crippen LogP contribution in [0.3, 0.4) is 0 Å². The summed E-state index contributed by atoms with van der Waals surface area (Å²) in [4.78, 5) is 0. The van der Waals surface area contributed by atoms with Gasteiger partial charge in [-0.3, -0.25) is 0 Å². The van der Waals surface area contributed by atoms with Crippen LogP contribution in [0.2, 0.25) is 0 Å². The van der Waals surface area contributed by atoms with Gasteiger partial charge >= 0.3 is 21.1 Å². The number of hydrogen-bond donors (Lipinski definition) is 0. The van der Waals surface area contributed by atoms with Crippen molar-refractivity contribution in [1.82, 2.24) is 0 Å². The van der Waals surface area contributed by atoms with Crippen LogP contribution in [0.4, 0.5) is 0 Å². The van der Waals surface area contributed by atoms with E-state index in [1.165, 1.54) is 0 Å². The molecule has 0 saturated carbocycles. The Labute approximate surface area is 38.2 Å². The van der Waals surface area contributed by atoms with Gasteiger partial charge in [0.1, 0.15) is 0 Å². The van der Waals surface area contributed by atoms with Crippen LogP contribution >= 0.6 is 0 Å². The molecule has 0 aliphatic carbocycles. The van der Waals surface area contributed by atoms with E-state index in [2.05, 4.69) is 0 Å². The molecule has 0 fully saturated rings. The molecular weight excluding hydrogens is 243 g/mol. The van der Waals surface area contributed by atoms with Crippen molar-refractivity contribution in [3.8, 4) is 0 Å². The zero-order valence-electron chi connectivity index (χ0n) is 1.54. The van der Waals surface area contributed by atoms with E-state index in [0.29, 0.717) is 0 Å². The average Bonchev–Trinajstić information content (AvgIpc) is 0. The quantitative estimate of drug-likeness (QED) is 0.556. The Bertz CT molecular complexity index is 3.25. The maximum atomic E-state index is 0. The molecule has 0 aromatic rings. The predicted octanol–water partition coefficient (Wildman–Crippen LogP) is -0.359.